The van der Waals surface area contributed by atoms with Gasteiger partial charge in [0.25, 0.3) is 0 Å². The Morgan fingerprint density at radius 2 is 1.58 bits per heavy atom. The van der Waals surface area contributed by atoms with E-state index in [-0.39, 0.29) is 11.9 Å². The monoisotopic (exact) mass is 341 g/mol. The van der Waals surface area contributed by atoms with Gasteiger partial charge in [0.1, 0.15) is 5.82 Å². The summed E-state index contributed by atoms with van der Waals surface area (Å²) in [6.07, 6.45) is 2.17. The maximum atomic E-state index is 13.4. The summed E-state index contributed by atoms with van der Waals surface area (Å²) < 4.78 is 15.6. The van der Waals surface area contributed by atoms with Gasteiger partial charge in [0.2, 0.25) is 5.95 Å². The molecule has 1 N–H and O–H groups in total. The van der Waals surface area contributed by atoms with Crippen LogP contribution in [0.25, 0.3) is 16.7 Å². The summed E-state index contributed by atoms with van der Waals surface area (Å²) >= 11 is 0. The summed E-state index contributed by atoms with van der Waals surface area (Å²) in [5.74, 6) is 0.563. The number of nitrogens with one attached hydrogen (secondary N) is 1. The summed E-state index contributed by atoms with van der Waals surface area (Å²) in [5.41, 5.74) is 5.10. The zero-order valence-corrected chi connectivity index (χ0v) is 13.9. The third kappa shape index (κ3) is 2.39. The van der Waals surface area contributed by atoms with Crippen molar-refractivity contribution in [1.29, 1.82) is 0 Å². The van der Waals surface area contributed by atoms with Gasteiger partial charge in [-0.15, -0.1) is 0 Å². The number of hydrogen-bond donors (Lipinski definition) is 1. The summed E-state index contributed by atoms with van der Waals surface area (Å²) in [6, 6.07) is 24.9. The molecule has 4 aromatic rings. The van der Waals surface area contributed by atoms with E-state index in [1.54, 1.807) is 0 Å². The average Bonchev–Trinajstić information content (AvgIpc) is 3.07. The predicted molar refractivity (Wildman–Crippen MR) is 102 cm³/mol. The van der Waals surface area contributed by atoms with Crippen molar-refractivity contribution in [3.8, 4) is 0 Å². The third-order valence-electron chi connectivity index (χ3n) is 4.74. The molecule has 26 heavy (non-hydrogen) atoms. The van der Waals surface area contributed by atoms with Gasteiger partial charge in [0, 0.05) is 5.70 Å². The average molecular weight is 341 g/mol. The van der Waals surface area contributed by atoms with Gasteiger partial charge in [0.05, 0.1) is 17.1 Å². The highest BCUT2D eigenvalue weighted by molar-refractivity contribution is 5.85. The minimum Gasteiger partial charge on any atom is -0.325 e. The Morgan fingerprint density at radius 1 is 0.846 bits per heavy atom. The first-order chi connectivity index (χ1) is 12.8. The van der Waals surface area contributed by atoms with E-state index in [4.69, 9.17) is 4.98 Å². The number of imidazole rings is 1. The summed E-state index contributed by atoms with van der Waals surface area (Å²) in [7, 11) is 0. The van der Waals surface area contributed by atoms with Gasteiger partial charge in [-0.3, -0.25) is 4.57 Å². The molecule has 0 bridgehead atoms. The smallest absolute Gasteiger partial charge is 0.209 e. The number of halogens is 1. The zero-order valence-electron chi connectivity index (χ0n) is 13.9. The van der Waals surface area contributed by atoms with Gasteiger partial charge < -0.3 is 5.32 Å². The van der Waals surface area contributed by atoms with E-state index in [1.807, 2.05) is 48.5 Å². The van der Waals surface area contributed by atoms with Crippen LogP contribution in [0.3, 0.4) is 0 Å². The molecule has 1 unspecified atom stereocenters. The molecule has 5 rings (SSSR count). The molecule has 0 spiro atoms. The summed E-state index contributed by atoms with van der Waals surface area (Å²) in [5, 5.41) is 3.45. The number of benzene rings is 3. The molecule has 1 aliphatic rings. The fourth-order valence-corrected chi connectivity index (χ4v) is 3.50. The van der Waals surface area contributed by atoms with Gasteiger partial charge in [-0.25, -0.2) is 9.37 Å². The minimum absolute atomic E-state index is 0.0607. The maximum Gasteiger partial charge on any atom is 0.209 e. The standard InChI is InChI=1S/C22H16FN3/c23-17-12-10-16(11-13-17)21-14-19(15-6-2-1-3-7-15)25-22-24-18-8-4-5-9-20(18)26(21)22/h1-14,21H,(H,24,25). The number of para-hydroxylation sites is 2. The Bertz CT molecular complexity index is 1110. The second-order valence-electron chi connectivity index (χ2n) is 6.36. The molecule has 4 heteroatoms. The predicted octanol–water partition coefficient (Wildman–Crippen LogP) is 5.23. The van der Waals surface area contributed by atoms with Crippen LogP contribution in [0.1, 0.15) is 17.2 Å². The van der Waals surface area contributed by atoms with Crippen LogP contribution < -0.4 is 5.32 Å². The molecule has 0 saturated heterocycles. The fraction of sp³-hybridized carbons (Fsp3) is 0.0455. The second kappa shape index (κ2) is 5.85. The van der Waals surface area contributed by atoms with Gasteiger partial charge in [0.15, 0.2) is 0 Å². The van der Waals surface area contributed by atoms with Crippen LogP contribution in [0.15, 0.2) is 84.9 Å². The van der Waals surface area contributed by atoms with E-state index in [2.05, 4.69) is 34.2 Å². The van der Waals surface area contributed by atoms with E-state index < -0.39 is 0 Å². The molecular formula is C22H16FN3. The SMILES string of the molecule is Fc1ccc(C2C=C(c3ccccc3)Nc3nc4ccccc4n32)cc1. The largest absolute Gasteiger partial charge is 0.325 e. The topological polar surface area (TPSA) is 29.9 Å². The Labute approximate surface area is 150 Å². The van der Waals surface area contributed by atoms with Crippen molar-refractivity contribution in [3.05, 3.63) is 102 Å². The molecule has 0 fully saturated rings. The van der Waals surface area contributed by atoms with Crippen molar-refractivity contribution >= 4 is 22.7 Å². The number of anilines is 1. The number of fused-ring (bicyclic) bond motifs is 3. The maximum absolute atomic E-state index is 13.4. The van der Waals surface area contributed by atoms with Crippen LogP contribution in [0, 0.1) is 5.82 Å². The van der Waals surface area contributed by atoms with Crippen LogP contribution >= 0.6 is 0 Å². The van der Waals surface area contributed by atoms with Crippen LogP contribution in [0.5, 0.6) is 0 Å². The number of allylic oxidation sites excluding steroid dienone is 1. The third-order valence-corrected chi connectivity index (χ3v) is 4.74. The van der Waals surface area contributed by atoms with Crippen LogP contribution in [0.4, 0.5) is 10.3 Å². The van der Waals surface area contributed by atoms with Crippen molar-refractivity contribution in [2.24, 2.45) is 0 Å². The molecule has 1 atom stereocenters. The molecule has 0 radical (unpaired) electrons. The lowest BCUT2D eigenvalue weighted by molar-refractivity contribution is 0.624. The Morgan fingerprint density at radius 3 is 2.38 bits per heavy atom. The molecule has 0 amide bonds. The molecule has 1 aliphatic heterocycles. The van der Waals surface area contributed by atoms with Gasteiger partial charge >= 0.3 is 0 Å². The first-order valence-corrected chi connectivity index (χ1v) is 8.56. The molecule has 3 nitrogen and oxygen atoms in total. The normalized spacial score (nSPS) is 16.0. The zero-order chi connectivity index (χ0) is 17.5. The van der Waals surface area contributed by atoms with Crippen molar-refractivity contribution in [3.63, 3.8) is 0 Å². The van der Waals surface area contributed by atoms with Gasteiger partial charge in [-0.2, -0.15) is 0 Å². The lowest BCUT2D eigenvalue weighted by Crippen LogP contribution is -2.19. The van der Waals surface area contributed by atoms with Gasteiger partial charge in [-0.05, 0) is 41.5 Å². The van der Waals surface area contributed by atoms with Crippen LogP contribution in [0.2, 0.25) is 0 Å². The molecule has 2 heterocycles. The molecule has 3 aromatic carbocycles. The number of rotatable bonds is 2. The Kier molecular flexibility index (Phi) is 3.35. The molecule has 126 valence electrons. The van der Waals surface area contributed by atoms with Crippen molar-refractivity contribution in [1.82, 2.24) is 9.55 Å². The van der Waals surface area contributed by atoms with Crippen molar-refractivity contribution in [2.45, 2.75) is 6.04 Å². The lowest BCUT2D eigenvalue weighted by atomic mass is 10.0. The molecule has 0 saturated carbocycles. The van der Waals surface area contributed by atoms with E-state index in [9.17, 15) is 4.39 Å². The van der Waals surface area contributed by atoms with Crippen molar-refractivity contribution in [2.75, 3.05) is 5.32 Å². The lowest BCUT2D eigenvalue weighted by Gasteiger charge is -2.26. The second-order valence-corrected chi connectivity index (χ2v) is 6.36. The molecule has 1 aromatic heterocycles. The number of aromatic nitrogens is 2. The van der Waals surface area contributed by atoms with E-state index in [1.165, 1.54) is 12.1 Å². The molecule has 0 aliphatic carbocycles. The highest BCUT2D eigenvalue weighted by Gasteiger charge is 2.25. The summed E-state index contributed by atoms with van der Waals surface area (Å²) in [4.78, 5) is 4.76. The minimum atomic E-state index is -0.231. The number of nitrogens with zero attached hydrogens (tertiary/aromatic N) is 2. The van der Waals surface area contributed by atoms with Crippen molar-refractivity contribution < 1.29 is 4.39 Å². The first-order valence-electron chi connectivity index (χ1n) is 8.56. The molecular weight excluding hydrogens is 325 g/mol. The van der Waals surface area contributed by atoms with E-state index in [0.717, 1.165) is 33.8 Å². The fourth-order valence-electron chi connectivity index (χ4n) is 3.50. The van der Waals surface area contributed by atoms with Gasteiger partial charge in [-0.1, -0.05) is 54.6 Å². The Hall–Kier alpha value is -3.40. The Balaban J connectivity index is 1.73. The van der Waals surface area contributed by atoms with E-state index in [0.29, 0.717) is 0 Å². The number of hydrogen-bond acceptors (Lipinski definition) is 2. The highest BCUT2D eigenvalue weighted by Crippen LogP contribution is 2.36. The quantitative estimate of drug-likeness (QED) is 0.541. The van der Waals surface area contributed by atoms with Crippen LogP contribution in [-0.2, 0) is 0 Å². The van der Waals surface area contributed by atoms with Crippen LogP contribution in [-0.4, -0.2) is 9.55 Å². The first kappa shape index (κ1) is 14.9. The summed E-state index contributed by atoms with van der Waals surface area (Å²) in [6.45, 7) is 0. The van der Waals surface area contributed by atoms with E-state index >= 15 is 0 Å². The highest BCUT2D eigenvalue weighted by atomic mass is 19.1.